The molecule has 0 radical (unpaired) electrons. The van der Waals surface area contributed by atoms with Crippen LogP contribution in [-0.4, -0.2) is 40.3 Å². The Balaban J connectivity index is 1.76. The fourth-order valence-corrected chi connectivity index (χ4v) is 3.27. The average Bonchev–Trinajstić information content (AvgIpc) is 3.05. The molecule has 2 heterocycles. The van der Waals surface area contributed by atoms with Crippen molar-refractivity contribution in [3.8, 4) is 5.69 Å². The van der Waals surface area contributed by atoms with Crippen LogP contribution >= 0.6 is 11.6 Å². The Morgan fingerprint density at radius 3 is 3.00 bits per heavy atom. The average molecular weight is 362 g/mol. The summed E-state index contributed by atoms with van der Waals surface area (Å²) in [6.07, 6.45) is 3.94. The van der Waals surface area contributed by atoms with E-state index in [9.17, 15) is 4.79 Å². The van der Waals surface area contributed by atoms with Crippen LogP contribution < -0.4 is 10.6 Å². The smallest absolute Gasteiger partial charge is 0.290 e. The highest BCUT2D eigenvalue weighted by molar-refractivity contribution is 6.32. The first kappa shape index (κ1) is 17.9. The first-order chi connectivity index (χ1) is 12.2. The second-order valence-electron chi connectivity index (χ2n) is 6.39. The minimum absolute atomic E-state index is 0.201. The van der Waals surface area contributed by atoms with Gasteiger partial charge in [-0.25, -0.2) is 9.67 Å². The van der Waals surface area contributed by atoms with Gasteiger partial charge in [0, 0.05) is 13.0 Å². The Bertz CT molecular complexity index is 724. The monoisotopic (exact) mass is 361 g/mol. The van der Waals surface area contributed by atoms with Crippen LogP contribution in [0, 0.1) is 5.92 Å². The molecule has 1 aromatic heterocycles. The predicted molar refractivity (Wildman–Crippen MR) is 98.3 cm³/mol. The van der Waals surface area contributed by atoms with Crippen LogP contribution in [0.25, 0.3) is 5.69 Å². The zero-order valence-electron chi connectivity index (χ0n) is 14.5. The quantitative estimate of drug-likeness (QED) is 0.829. The standard InChI is InChI=1S/C18H24ClN5O/c1-2-6-16-22-17(18(25)21-12-13-7-5-10-20-11-13)23-24(16)15-9-4-3-8-14(15)19/h3-4,8-9,13,20H,2,5-7,10-12H2,1H3,(H,21,25). The molecule has 134 valence electrons. The van der Waals surface area contributed by atoms with Gasteiger partial charge in [-0.1, -0.05) is 30.7 Å². The largest absolute Gasteiger partial charge is 0.349 e. The molecule has 3 rings (SSSR count). The number of amides is 1. The summed E-state index contributed by atoms with van der Waals surface area (Å²) >= 11 is 6.29. The van der Waals surface area contributed by atoms with Crippen LogP contribution in [0.15, 0.2) is 24.3 Å². The molecule has 7 heteroatoms. The van der Waals surface area contributed by atoms with Crippen LogP contribution in [0.3, 0.4) is 0 Å². The molecule has 1 unspecified atom stereocenters. The lowest BCUT2D eigenvalue weighted by atomic mass is 10.00. The van der Waals surface area contributed by atoms with Gasteiger partial charge in [0.1, 0.15) is 5.82 Å². The van der Waals surface area contributed by atoms with Crippen molar-refractivity contribution < 1.29 is 4.79 Å². The molecule has 1 atom stereocenters. The third-order valence-corrected chi connectivity index (χ3v) is 4.70. The maximum atomic E-state index is 12.5. The molecule has 1 aliphatic heterocycles. The van der Waals surface area contributed by atoms with E-state index in [1.807, 2.05) is 24.3 Å². The maximum Gasteiger partial charge on any atom is 0.290 e. The van der Waals surface area contributed by atoms with E-state index >= 15 is 0 Å². The molecule has 0 spiro atoms. The first-order valence-electron chi connectivity index (χ1n) is 8.88. The van der Waals surface area contributed by atoms with Crippen molar-refractivity contribution in [1.29, 1.82) is 0 Å². The molecule has 0 saturated carbocycles. The van der Waals surface area contributed by atoms with Gasteiger partial charge in [0.05, 0.1) is 10.7 Å². The second-order valence-corrected chi connectivity index (χ2v) is 6.79. The van der Waals surface area contributed by atoms with Crippen LogP contribution in [0.5, 0.6) is 0 Å². The van der Waals surface area contributed by atoms with E-state index in [-0.39, 0.29) is 11.7 Å². The van der Waals surface area contributed by atoms with Crippen LogP contribution in [0.4, 0.5) is 0 Å². The Hall–Kier alpha value is -1.92. The van der Waals surface area contributed by atoms with E-state index in [1.54, 1.807) is 4.68 Å². The highest BCUT2D eigenvalue weighted by atomic mass is 35.5. The molecule has 1 aromatic carbocycles. The van der Waals surface area contributed by atoms with E-state index in [4.69, 9.17) is 11.6 Å². The van der Waals surface area contributed by atoms with Crippen molar-refractivity contribution in [3.63, 3.8) is 0 Å². The fourth-order valence-electron chi connectivity index (χ4n) is 3.06. The molecule has 1 fully saturated rings. The summed E-state index contributed by atoms with van der Waals surface area (Å²) in [7, 11) is 0. The van der Waals surface area contributed by atoms with Crippen LogP contribution in [-0.2, 0) is 6.42 Å². The van der Waals surface area contributed by atoms with Crippen LogP contribution in [0.2, 0.25) is 5.02 Å². The Morgan fingerprint density at radius 2 is 2.28 bits per heavy atom. The van der Waals surface area contributed by atoms with E-state index in [0.29, 0.717) is 17.5 Å². The van der Waals surface area contributed by atoms with Gasteiger partial charge in [-0.3, -0.25) is 4.79 Å². The van der Waals surface area contributed by atoms with Crippen molar-refractivity contribution in [1.82, 2.24) is 25.4 Å². The van der Waals surface area contributed by atoms with Gasteiger partial charge in [0.25, 0.3) is 5.91 Å². The second kappa shape index (κ2) is 8.45. The number of piperidine rings is 1. The molecular formula is C18H24ClN5O. The third-order valence-electron chi connectivity index (χ3n) is 4.38. The zero-order valence-corrected chi connectivity index (χ0v) is 15.2. The first-order valence-corrected chi connectivity index (χ1v) is 9.26. The molecule has 1 aliphatic rings. The highest BCUT2D eigenvalue weighted by Gasteiger charge is 2.20. The summed E-state index contributed by atoms with van der Waals surface area (Å²) in [4.78, 5) is 16.9. The number of nitrogens with one attached hydrogen (secondary N) is 2. The number of hydrogen-bond donors (Lipinski definition) is 2. The number of aromatic nitrogens is 3. The van der Waals surface area contributed by atoms with Gasteiger partial charge < -0.3 is 10.6 Å². The highest BCUT2D eigenvalue weighted by Crippen LogP contribution is 2.21. The Labute approximate surface area is 153 Å². The molecule has 0 bridgehead atoms. The number of benzene rings is 1. The van der Waals surface area contributed by atoms with Gasteiger partial charge in [0.2, 0.25) is 5.82 Å². The van der Waals surface area contributed by atoms with Crippen LogP contribution in [0.1, 0.15) is 42.6 Å². The molecule has 2 aromatic rings. The SMILES string of the molecule is CCCc1nc(C(=O)NCC2CCCNC2)nn1-c1ccccc1Cl. The number of hydrogen-bond acceptors (Lipinski definition) is 4. The van der Waals surface area contributed by atoms with E-state index < -0.39 is 0 Å². The minimum Gasteiger partial charge on any atom is -0.349 e. The molecule has 0 aliphatic carbocycles. The molecule has 1 saturated heterocycles. The normalized spacial score (nSPS) is 17.4. The molecule has 25 heavy (non-hydrogen) atoms. The molecule has 2 N–H and O–H groups in total. The summed E-state index contributed by atoms with van der Waals surface area (Å²) in [5.74, 6) is 1.19. The van der Waals surface area contributed by atoms with Gasteiger partial charge in [-0.2, -0.15) is 0 Å². The lowest BCUT2D eigenvalue weighted by Gasteiger charge is -2.22. The molecule has 6 nitrogen and oxygen atoms in total. The number of carbonyl (C=O) groups excluding carboxylic acids is 1. The summed E-state index contributed by atoms with van der Waals surface area (Å²) in [5.41, 5.74) is 0.746. The number of halogens is 1. The Kier molecular flexibility index (Phi) is 6.04. The number of aryl methyl sites for hydroxylation is 1. The number of nitrogens with zero attached hydrogens (tertiary/aromatic N) is 3. The van der Waals surface area contributed by atoms with Crippen molar-refractivity contribution >= 4 is 17.5 Å². The summed E-state index contributed by atoms with van der Waals surface area (Å²) < 4.78 is 1.68. The predicted octanol–water partition coefficient (Wildman–Crippen LogP) is 2.60. The number of carbonyl (C=O) groups is 1. The Morgan fingerprint density at radius 1 is 1.44 bits per heavy atom. The minimum atomic E-state index is -0.228. The van der Waals surface area contributed by atoms with Crippen molar-refractivity contribution in [2.75, 3.05) is 19.6 Å². The zero-order chi connectivity index (χ0) is 17.6. The molecule has 1 amide bonds. The number of rotatable bonds is 6. The van der Waals surface area contributed by atoms with Crippen molar-refractivity contribution in [3.05, 3.63) is 40.9 Å². The van der Waals surface area contributed by atoms with Gasteiger partial charge >= 0.3 is 0 Å². The third kappa shape index (κ3) is 4.38. The summed E-state index contributed by atoms with van der Waals surface area (Å²) in [6.45, 7) is 4.73. The molecular weight excluding hydrogens is 338 g/mol. The lowest BCUT2D eigenvalue weighted by Crippen LogP contribution is -2.38. The van der Waals surface area contributed by atoms with Gasteiger partial charge in [0.15, 0.2) is 0 Å². The van der Waals surface area contributed by atoms with Gasteiger partial charge in [-0.05, 0) is 50.4 Å². The number of para-hydroxylation sites is 1. The van der Waals surface area contributed by atoms with Crippen molar-refractivity contribution in [2.45, 2.75) is 32.6 Å². The fraction of sp³-hybridized carbons (Fsp3) is 0.500. The van der Waals surface area contributed by atoms with E-state index in [0.717, 1.165) is 50.3 Å². The van der Waals surface area contributed by atoms with E-state index in [2.05, 4.69) is 27.6 Å². The topological polar surface area (TPSA) is 71.8 Å². The lowest BCUT2D eigenvalue weighted by molar-refractivity contribution is 0.0934. The summed E-state index contributed by atoms with van der Waals surface area (Å²) in [5, 5.41) is 11.3. The van der Waals surface area contributed by atoms with Crippen molar-refractivity contribution in [2.24, 2.45) is 5.92 Å². The maximum absolute atomic E-state index is 12.5. The van der Waals surface area contributed by atoms with E-state index in [1.165, 1.54) is 0 Å². The summed E-state index contributed by atoms with van der Waals surface area (Å²) in [6, 6.07) is 7.46. The van der Waals surface area contributed by atoms with Gasteiger partial charge in [-0.15, -0.1) is 5.10 Å².